The Bertz CT molecular complexity index is 1090. The van der Waals surface area contributed by atoms with E-state index in [1.54, 1.807) is 23.2 Å². The normalized spacial score (nSPS) is 18.6. The van der Waals surface area contributed by atoms with E-state index in [1.165, 1.54) is 5.56 Å². The third-order valence-corrected chi connectivity index (χ3v) is 6.65. The topological polar surface area (TPSA) is 53.5 Å². The van der Waals surface area contributed by atoms with Gasteiger partial charge in [-0.2, -0.15) is 0 Å². The second-order valence-corrected chi connectivity index (χ2v) is 8.68. The number of benzene rings is 2. The predicted molar refractivity (Wildman–Crippen MR) is 124 cm³/mol. The number of para-hydroxylation sites is 1. The molecule has 1 saturated heterocycles. The number of hydrogen-bond acceptors (Lipinski definition) is 3. The zero-order valence-corrected chi connectivity index (χ0v) is 18.1. The quantitative estimate of drug-likeness (QED) is 0.598. The highest BCUT2D eigenvalue weighted by Gasteiger charge is 2.40. The molecule has 32 heavy (non-hydrogen) atoms. The van der Waals surface area contributed by atoms with Crippen LogP contribution in [0.4, 0.5) is 5.69 Å². The van der Waals surface area contributed by atoms with Gasteiger partial charge in [-0.15, -0.1) is 0 Å². The Hall–Kier alpha value is -3.47. The maximum atomic E-state index is 13.3. The van der Waals surface area contributed by atoms with E-state index in [1.807, 2.05) is 41.3 Å². The molecule has 2 aliphatic heterocycles. The number of pyridine rings is 1. The van der Waals surface area contributed by atoms with Crippen LogP contribution in [0.2, 0.25) is 0 Å². The zero-order chi connectivity index (χ0) is 21.9. The van der Waals surface area contributed by atoms with Crippen molar-refractivity contribution in [3.63, 3.8) is 0 Å². The van der Waals surface area contributed by atoms with Crippen LogP contribution in [0.25, 0.3) is 0 Å². The molecule has 0 unspecified atom stereocenters. The Morgan fingerprint density at radius 1 is 0.906 bits per heavy atom. The molecule has 3 heterocycles. The van der Waals surface area contributed by atoms with Crippen molar-refractivity contribution in [3.8, 4) is 0 Å². The molecule has 0 bridgehead atoms. The van der Waals surface area contributed by atoms with E-state index in [-0.39, 0.29) is 24.3 Å². The van der Waals surface area contributed by atoms with Gasteiger partial charge in [0, 0.05) is 25.0 Å². The van der Waals surface area contributed by atoms with E-state index in [0.717, 1.165) is 38.0 Å². The van der Waals surface area contributed by atoms with E-state index in [0.29, 0.717) is 17.2 Å². The van der Waals surface area contributed by atoms with E-state index in [9.17, 15) is 9.59 Å². The third-order valence-electron chi connectivity index (χ3n) is 6.65. The highest BCUT2D eigenvalue weighted by Crippen LogP contribution is 2.38. The molecule has 2 aromatic carbocycles. The molecule has 5 nitrogen and oxygen atoms in total. The van der Waals surface area contributed by atoms with Crippen LogP contribution in [0.1, 0.15) is 46.9 Å². The Morgan fingerprint density at radius 3 is 2.31 bits per heavy atom. The van der Waals surface area contributed by atoms with Gasteiger partial charge < -0.3 is 4.90 Å². The van der Waals surface area contributed by atoms with Crippen LogP contribution >= 0.6 is 0 Å². The summed E-state index contributed by atoms with van der Waals surface area (Å²) in [7, 11) is 0. The van der Waals surface area contributed by atoms with E-state index in [2.05, 4.69) is 29.2 Å². The fourth-order valence-corrected chi connectivity index (χ4v) is 4.96. The Labute approximate surface area is 188 Å². The van der Waals surface area contributed by atoms with Gasteiger partial charge in [-0.1, -0.05) is 48.5 Å². The molecule has 1 fully saturated rings. The van der Waals surface area contributed by atoms with Crippen molar-refractivity contribution in [3.05, 3.63) is 95.8 Å². The summed E-state index contributed by atoms with van der Waals surface area (Å²) in [6.07, 6.45) is 5.06. The standard InChI is InChI=1S/C27H27N3O2/c31-25(29-16-13-21(14-17-29)18-20-8-3-1-4-9-20)19-24-26-23(12-7-15-28-26)27(32)30(24)22-10-5-2-6-11-22/h1-12,15,21,24H,13-14,16-19H2/t24-/m1/s1. The second kappa shape index (κ2) is 8.95. The number of anilines is 1. The lowest BCUT2D eigenvalue weighted by atomic mass is 9.90. The van der Waals surface area contributed by atoms with Crippen molar-refractivity contribution in [2.75, 3.05) is 18.0 Å². The van der Waals surface area contributed by atoms with Gasteiger partial charge in [0.2, 0.25) is 5.91 Å². The summed E-state index contributed by atoms with van der Waals surface area (Å²) < 4.78 is 0. The summed E-state index contributed by atoms with van der Waals surface area (Å²) in [4.78, 5) is 34.6. The molecule has 2 amide bonds. The minimum absolute atomic E-state index is 0.0846. The van der Waals surface area contributed by atoms with Crippen LogP contribution in [-0.2, 0) is 11.2 Å². The number of likely N-dealkylation sites (tertiary alicyclic amines) is 1. The number of fused-ring (bicyclic) bond motifs is 1. The minimum atomic E-state index is -0.365. The second-order valence-electron chi connectivity index (χ2n) is 8.68. The van der Waals surface area contributed by atoms with Crippen molar-refractivity contribution in [1.82, 2.24) is 9.88 Å². The number of aromatic nitrogens is 1. The Balaban J connectivity index is 1.28. The van der Waals surface area contributed by atoms with Gasteiger partial charge in [-0.05, 0) is 55.0 Å². The van der Waals surface area contributed by atoms with Crippen LogP contribution in [0.15, 0.2) is 79.0 Å². The van der Waals surface area contributed by atoms with E-state index >= 15 is 0 Å². The lowest BCUT2D eigenvalue weighted by Gasteiger charge is -2.33. The fourth-order valence-electron chi connectivity index (χ4n) is 4.96. The summed E-state index contributed by atoms with van der Waals surface area (Å²) in [6, 6.07) is 23.4. The molecule has 1 aromatic heterocycles. The van der Waals surface area contributed by atoms with Gasteiger partial charge in [0.25, 0.3) is 5.91 Å². The molecule has 2 aliphatic rings. The summed E-state index contributed by atoms with van der Waals surface area (Å²) >= 11 is 0. The fraction of sp³-hybridized carbons (Fsp3) is 0.296. The van der Waals surface area contributed by atoms with Gasteiger partial charge in [0.1, 0.15) is 0 Å². The predicted octanol–water partition coefficient (Wildman–Crippen LogP) is 4.65. The maximum Gasteiger partial charge on any atom is 0.260 e. The summed E-state index contributed by atoms with van der Waals surface area (Å²) in [5.41, 5.74) is 3.46. The molecular formula is C27H27N3O2. The van der Waals surface area contributed by atoms with Crippen molar-refractivity contribution >= 4 is 17.5 Å². The summed E-state index contributed by atoms with van der Waals surface area (Å²) in [5, 5.41) is 0. The summed E-state index contributed by atoms with van der Waals surface area (Å²) in [6.45, 7) is 1.55. The first-order valence-corrected chi connectivity index (χ1v) is 11.4. The number of carbonyl (C=O) groups is 2. The number of piperidine rings is 1. The molecule has 0 saturated carbocycles. The highest BCUT2D eigenvalue weighted by molar-refractivity contribution is 6.11. The maximum absolute atomic E-state index is 13.3. The molecule has 3 aromatic rings. The molecular weight excluding hydrogens is 398 g/mol. The Kier molecular flexibility index (Phi) is 5.71. The molecule has 0 spiro atoms. The number of hydrogen-bond donors (Lipinski definition) is 0. The van der Waals surface area contributed by atoms with Crippen molar-refractivity contribution in [2.24, 2.45) is 5.92 Å². The van der Waals surface area contributed by atoms with E-state index < -0.39 is 0 Å². The first-order chi connectivity index (χ1) is 15.7. The lowest BCUT2D eigenvalue weighted by molar-refractivity contribution is -0.133. The zero-order valence-electron chi connectivity index (χ0n) is 18.1. The molecule has 5 heteroatoms. The van der Waals surface area contributed by atoms with Crippen molar-refractivity contribution in [1.29, 1.82) is 0 Å². The number of nitrogens with zero attached hydrogens (tertiary/aromatic N) is 3. The van der Waals surface area contributed by atoms with Crippen LogP contribution in [0.5, 0.6) is 0 Å². The largest absolute Gasteiger partial charge is 0.343 e. The SMILES string of the molecule is O=C(C[C@@H]1c2ncccc2C(=O)N1c1ccccc1)N1CCC(Cc2ccccc2)CC1. The highest BCUT2D eigenvalue weighted by atomic mass is 16.2. The third kappa shape index (κ3) is 4.03. The number of carbonyl (C=O) groups excluding carboxylic acids is 2. The van der Waals surface area contributed by atoms with E-state index in [4.69, 9.17) is 0 Å². The average Bonchev–Trinajstić information content (AvgIpc) is 3.12. The summed E-state index contributed by atoms with van der Waals surface area (Å²) in [5.74, 6) is 0.622. The van der Waals surface area contributed by atoms with Gasteiger partial charge in [-0.3, -0.25) is 19.5 Å². The first kappa shape index (κ1) is 20.4. The molecule has 162 valence electrons. The average molecular weight is 426 g/mol. The van der Waals surface area contributed by atoms with Gasteiger partial charge in [-0.25, -0.2) is 0 Å². The van der Waals surface area contributed by atoms with Crippen molar-refractivity contribution < 1.29 is 9.59 Å². The van der Waals surface area contributed by atoms with Crippen LogP contribution in [0.3, 0.4) is 0 Å². The molecule has 5 rings (SSSR count). The van der Waals surface area contributed by atoms with Gasteiger partial charge in [0.15, 0.2) is 0 Å². The van der Waals surface area contributed by atoms with Gasteiger partial charge >= 0.3 is 0 Å². The molecule has 0 N–H and O–H groups in total. The number of amides is 2. The van der Waals surface area contributed by atoms with Crippen molar-refractivity contribution in [2.45, 2.75) is 31.7 Å². The smallest absolute Gasteiger partial charge is 0.260 e. The first-order valence-electron chi connectivity index (χ1n) is 11.4. The van der Waals surface area contributed by atoms with Crippen LogP contribution in [0, 0.1) is 5.92 Å². The number of rotatable bonds is 5. The Morgan fingerprint density at radius 2 is 1.59 bits per heavy atom. The monoisotopic (exact) mass is 425 g/mol. The van der Waals surface area contributed by atoms with Gasteiger partial charge in [0.05, 0.1) is 23.7 Å². The van der Waals surface area contributed by atoms with Crippen LogP contribution < -0.4 is 4.90 Å². The minimum Gasteiger partial charge on any atom is -0.343 e. The lowest BCUT2D eigenvalue weighted by Crippen LogP contribution is -2.41. The van der Waals surface area contributed by atoms with Crippen LogP contribution in [-0.4, -0.2) is 34.8 Å². The molecule has 0 aliphatic carbocycles. The molecule has 0 radical (unpaired) electrons. The molecule has 1 atom stereocenters.